The van der Waals surface area contributed by atoms with Crippen LogP contribution in [0.5, 0.6) is 0 Å². The highest BCUT2D eigenvalue weighted by atomic mass is 16.5. The normalized spacial score (nSPS) is 15.2. The summed E-state index contributed by atoms with van der Waals surface area (Å²) >= 11 is 0. The number of aryl methyl sites for hydroxylation is 1. The molecule has 0 radical (unpaired) electrons. The predicted molar refractivity (Wildman–Crippen MR) is 117 cm³/mol. The van der Waals surface area contributed by atoms with Gasteiger partial charge in [0, 0.05) is 33.3 Å². The number of imidazole rings is 1. The zero-order valence-electron chi connectivity index (χ0n) is 17.6. The highest BCUT2D eigenvalue weighted by Crippen LogP contribution is 2.27. The molecule has 1 aliphatic rings. The first kappa shape index (κ1) is 20.4. The van der Waals surface area contributed by atoms with Gasteiger partial charge in [-0.15, -0.1) is 0 Å². The predicted octanol–water partition coefficient (Wildman–Crippen LogP) is 1.92. The molecule has 1 N–H and O–H groups in total. The van der Waals surface area contributed by atoms with Crippen LogP contribution in [0.15, 0.2) is 39.9 Å². The van der Waals surface area contributed by atoms with Crippen molar-refractivity contribution in [1.82, 2.24) is 19.1 Å². The number of anilines is 1. The Hall–Kier alpha value is -2.87. The van der Waals surface area contributed by atoms with E-state index in [9.17, 15) is 9.59 Å². The molecule has 1 aromatic carbocycles. The van der Waals surface area contributed by atoms with Gasteiger partial charge in [0.05, 0.1) is 6.61 Å². The van der Waals surface area contributed by atoms with Gasteiger partial charge in [-0.3, -0.25) is 14.3 Å². The monoisotopic (exact) mass is 411 g/mol. The van der Waals surface area contributed by atoms with Crippen molar-refractivity contribution in [3.8, 4) is 0 Å². The minimum atomic E-state index is -0.449. The third-order valence-electron chi connectivity index (χ3n) is 5.91. The molecule has 1 aliphatic heterocycles. The van der Waals surface area contributed by atoms with Crippen molar-refractivity contribution in [2.24, 2.45) is 13.0 Å². The summed E-state index contributed by atoms with van der Waals surface area (Å²) in [5.74, 6) is 1.38. The van der Waals surface area contributed by atoms with Crippen molar-refractivity contribution < 1.29 is 4.74 Å². The van der Waals surface area contributed by atoms with Gasteiger partial charge in [-0.1, -0.05) is 30.3 Å². The Morgan fingerprint density at radius 3 is 2.60 bits per heavy atom. The first-order chi connectivity index (χ1) is 14.6. The highest BCUT2D eigenvalue weighted by Gasteiger charge is 2.25. The number of piperidine rings is 1. The number of aromatic nitrogens is 4. The number of fused-ring (bicyclic) bond motifs is 1. The molecule has 0 aliphatic carbocycles. The Bertz CT molecular complexity index is 1110. The van der Waals surface area contributed by atoms with E-state index in [4.69, 9.17) is 9.72 Å². The molecule has 30 heavy (non-hydrogen) atoms. The van der Waals surface area contributed by atoms with Crippen LogP contribution < -0.4 is 16.1 Å². The minimum Gasteiger partial charge on any atom is -0.380 e. The van der Waals surface area contributed by atoms with Crippen molar-refractivity contribution in [1.29, 1.82) is 0 Å². The molecule has 0 unspecified atom stereocenters. The molecule has 3 aromatic rings. The molecule has 4 rings (SSSR count). The van der Waals surface area contributed by atoms with Crippen molar-refractivity contribution in [3.63, 3.8) is 0 Å². The van der Waals surface area contributed by atoms with Crippen molar-refractivity contribution in [2.45, 2.75) is 32.7 Å². The zero-order valence-corrected chi connectivity index (χ0v) is 17.6. The van der Waals surface area contributed by atoms with Gasteiger partial charge < -0.3 is 14.2 Å². The summed E-state index contributed by atoms with van der Waals surface area (Å²) in [7, 11) is 1.64. The van der Waals surface area contributed by atoms with E-state index in [1.165, 1.54) is 10.1 Å². The van der Waals surface area contributed by atoms with Crippen LogP contribution in [0.1, 0.15) is 25.3 Å². The molecule has 0 amide bonds. The summed E-state index contributed by atoms with van der Waals surface area (Å²) in [6, 6.07) is 10.6. The molecule has 160 valence electrons. The third-order valence-corrected chi connectivity index (χ3v) is 5.91. The Morgan fingerprint density at radius 2 is 1.90 bits per heavy atom. The lowest BCUT2D eigenvalue weighted by Crippen LogP contribution is -2.36. The first-order valence-corrected chi connectivity index (χ1v) is 10.6. The van der Waals surface area contributed by atoms with Gasteiger partial charge in [-0.25, -0.2) is 4.79 Å². The molecule has 0 atom stereocenters. The van der Waals surface area contributed by atoms with E-state index in [2.05, 4.69) is 34.1 Å². The maximum atomic E-state index is 12.6. The zero-order chi connectivity index (χ0) is 21.1. The van der Waals surface area contributed by atoms with Crippen molar-refractivity contribution in [3.05, 3.63) is 56.7 Å². The molecule has 8 heteroatoms. The van der Waals surface area contributed by atoms with Crippen molar-refractivity contribution >= 4 is 17.1 Å². The lowest BCUT2D eigenvalue weighted by molar-refractivity contribution is 0.140. The van der Waals surface area contributed by atoms with Crippen LogP contribution in [-0.4, -0.2) is 45.4 Å². The number of benzene rings is 1. The number of ether oxygens (including phenoxy) is 1. The number of nitrogens with zero attached hydrogens (tertiary/aromatic N) is 4. The van der Waals surface area contributed by atoms with Gasteiger partial charge in [-0.05, 0) is 37.7 Å². The number of hydrogen-bond donors (Lipinski definition) is 1. The van der Waals surface area contributed by atoms with Crippen LogP contribution in [0.2, 0.25) is 0 Å². The second kappa shape index (κ2) is 8.87. The summed E-state index contributed by atoms with van der Waals surface area (Å²) in [6.07, 6.45) is 3.22. The Morgan fingerprint density at radius 1 is 1.17 bits per heavy atom. The van der Waals surface area contributed by atoms with Crippen LogP contribution in [0.25, 0.3) is 11.2 Å². The summed E-state index contributed by atoms with van der Waals surface area (Å²) < 4.78 is 8.83. The number of hydrogen-bond acceptors (Lipinski definition) is 5. The van der Waals surface area contributed by atoms with Crippen LogP contribution in [0.3, 0.4) is 0 Å². The third kappa shape index (κ3) is 4.05. The lowest BCUT2D eigenvalue weighted by Gasteiger charge is -2.33. The standard InChI is InChI=1S/C22H29N5O3/c1-3-30-14-13-27-18-19(25(2)22(29)24-20(18)28)23-21(27)26-11-9-17(10-12-26)15-16-7-5-4-6-8-16/h4-8,17H,3,9-15H2,1-2H3,(H,24,28,29). The summed E-state index contributed by atoms with van der Waals surface area (Å²) in [4.78, 5) is 34.0. The second-order valence-corrected chi connectivity index (χ2v) is 7.87. The maximum absolute atomic E-state index is 12.6. The first-order valence-electron chi connectivity index (χ1n) is 10.6. The fourth-order valence-electron chi connectivity index (χ4n) is 4.26. The fraction of sp³-hybridized carbons (Fsp3) is 0.500. The minimum absolute atomic E-state index is 0.401. The molecule has 0 bridgehead atoms. The van der Waals surface area contributed by atoms with Gasteiger partial charge in [0.2, 0.25) is 5.95 Å². The van der Waals surface area contributed by atoms with Crippen molar-refractivity contribution in [2.75, 3.05) is 31.2 Å². The average molecular weight is 412 g/mol. The Balaban J connectivity index is 1.59. The largest absolute Gasteiger partial charge is 0.380 e. The van der Waals surface area contributed by atoms with E-state index in [-0.39, 0.29) is 0 Å². The molecule has 2 aromatic heterocycles. The van der Waals surface area contributed by atoms with Crippen LogP contribution in [0, 0.1) is 5.92 Å². The number of nitrogens with one attached hydrogen (secondary N) is 1. The smallest absolute Gasteiger partial charge is 0.329 e. The van der Waals surface area contributed by atoms with E-state index in [1.54, 1.807) is 7.05 Å². The molecular formula is C22H29N5O3. The summed E-state index contributed by atoms with van der Waals surface area (Å²) in [5.41, 5.74) is 1.37. The average Bonchev–Trinajstić information content (AvgIpc) is 3.14. The molecule has 1 fully saturated rings. The summed E-state index contributed by atoms with van der Waals surface area (Å²) in [6.45, 7) is 5.32. The molecule has 1 saturated heterocycles. The van der Waals surface area contributed by atoms with E-state index in [0.29, 0.717) is 36.8 Å². The Labute approximate surface area is 175 Å². The summed E-state index contributed by atoms with van der Waals surface area (Å²) in [5, 5.41) is 0. The van der Waals surface area contributed by atoms with E-state index in [1.807, 2.05) is 17.6 Å². The van der Waals surface area contributed by atoms with Gasteiger partial charge in [-0.2, -0.15) is 4.98 Å². The van der Waals surface area contributed by atoms with Crippen LogP contribution in [0.4, 0.5) is 5.95 Å². The molecule has 8 nitrogen and oxygen atoms in total. The molecule has 3 heterocycles. The number of aromatic amines is 1. The Kier molecular flexibility index (Phi) is 6.03. The lowest BCUT2D eigenvalue weighted by atomic mass is 9.90. The molecular weight excluding hydrogens is 382 g/mol. The quantitative estimate of drug-likeness (QED) is 0.601. The SMILES string of the molecule is CCOCCn1c(N2CCC(Cc3ccccc3)CC2)nc2c1c(=O)[nH]c(=O)n2C. The number of H-pyrrole nitrogens is 1. The topological polar surface area (TPSA) is 85.2 Å². The maximum Gasteiger partial charge on any atom is 0.329 e. The molecule has 0 saturated carbocycles. The molecule has 0 spiro atoms. The van der Waals surface area contributed by atoms with Gasteiger partial charge in [0.25, 0.3) is 5.56 Å². The van der Waals surface area contributed by atoms with E-state index >= 15 is 0 Å². The van der Waals surface area contributed by atoms with Crippen LogP contribution >= 0.6 is 0 Å². The van der Waals surface area contributed by atoms with E-state index in [0.717, 1.165) is 38.3 Å². The van der Waals surface area contributed by atoms with Gasteiger partial charge in [0.15, 0.2) is 11.2 Å². The number of rotatable bonds is 7. The second-order valence-electron chi connectivity index (χ2n) is 7.87. The van der Waals surface area contributed by atoms with Gasteiger partial charge >= 0.3 is 5.69 Å². The fourth-order valence-corrected chi connectivity index (χ4v) is 4.26. The van der Waals surface area contributed by atoms with Gasteiger partial charge in [0.1, 0.15) is 0 Å². The highest BCUT2D eigenvalue weighted by molar-refractivity contribution is 5.74. The van der Waals surface area contributed by atoms with E-state index < -0.39 is 11.2 Å². The van der Waals surface area contributed by atoms with Crippen LogP contribution in [-0.2, 0) is 24.8 Å².